The number of nitrogens with two attached hydrogens (primary N) is 1. The van der Waals surface area contributed by atoms with E-state index in [0.717, 1.165) is 16.1 Å². The molecule has 2 aromatic carbocycles. The maximum Gasteiger partial charge on any atom is 0.269 e. The predicted octanol–water partition coefficient (Wildman–Crippen LogP) is 1.14. The van der Waals surface area contributed by atoms with Crippen molar-refractivity contribution in [2.24, 2.45) is 0 Å². The van der Waals surface area contributed by atoms with Crippen molar-refractivity contribution in [1.29, 1.82) is 0 Å². The van der Waals surface area contributed by atoms with Crippen molar-refractivity contribution >= 4 is 33.4 Å². The van der Waals surface area contributed by atoms with Crippen molar-refractivity contribution in [1.82, 2.24) is 24.5 Å². The van der Waals surface area contributed by atoms with E-state index >= 15 is 0 Å². The second kappa shape index (κ2) is 6.11. The smallest absolute Gasteiger partial charge is 0.269 e. The van der Waals surface area contributed by atoms with Crippen molar-refractivity contribution < 1.29 is 13.2 Å². The van der Waals surface area contributed by atoms with Gasteiger partial charge in [-0.3, -0.25) is 4.79 Å². The summed E-state index contributed by atoms with van der Waals surface area (Å²) < 4.78 is 27.4. The summed E-state index contributed by atoms with van der Waals surface area (Å²) in [6.45, 7) is 0. The molecular formula is C15H12N6O3S2. The Morgan fingerprint density at radius 2 is 1.92 bits per heavy atom. The Labute approximate surface area is 152 Å². The lowest BCUT2D eigenvalue weighted by molar-refractivity contribution is 0.0887. The molecule has 0 radical (unpaired) electrons. The molecule has 0 aliphatic carbocycles. The van der Waals surface area contributed by atoms with Gasteiger partial charge < -0.3 is 5.73 Å². The zero-order chi connectivity index (χ0) is 18.3. The predicted molar refractivity (Wildman–Crippen MR) is 94.1 cm³/mol. The van der Waals surface area contributed by atoms with E-state index in [1.54, 1.807) is 36.4 Å². The van der Waals surface area contributed by atoms with Crippen LogP contribution in [0.4, 0.5) is 5.69 Å². The van der Waals surface area contributed by atoms with E-state index < -0.39 is 15.9 Å². The fourth-order valence-electron chi connectivity index (χ4n) is 2.56. The number of carbonyl (C=O) groups excluding carboxylic acids is 1. The lowest BCUT2D eigenvalue weighted by Gasteiger charge is -2.14. The molecule has 1 amide bonds. The highest BCUT2D eigenvalue weighted by Crippen LogP contribution is 2.32. The van der Waals surface area contributed by atoms with Crippen LogP contribution in [0.15, 0.2) is 58.6 Å². The summed E-state index contributed by atoms with van der Waals surface area (Å²) in [7, 11) is -3.87. The van der Waals surface area contributed by atoms with Crippen molar-refractivity contribution in [2.75, 3.05) is 11.6 Å². The summed E-state index contributed by atoms with van der Waals surface area (Å²) in [5, 5.41) is 11.7. The second-order valence-electron chi connectivity index (χ2n) is 5.40. The zero-order valence-electron chi connectivity index (χ0n) is 13.2. The van der Waals surface area contributed by atoms with Gasteiger partial charge in [-0.1, -0.05) is 30.0 Å². The number of nitrogens with zero attached hydrogens (tertiary/aromatic N) is 5. The lowest BCUT2D eigenvalue weighted by Crippen LogP contribution is -2.29. The standard InChI is InChI=1S/C15H12N6O3S2/c16-10-4-3-5-11(8-10)21-15(17-18-19-21)25-9-20-14(22)12-6-1-2-7-13(12)26(20,23)24/h1-8H,9,16H2. The molecular weight excluding hydrogens is 376 g/mol. The number of fused-ring (bicyclic) bond motifs is 1. The van der Waals surface area contributed by atoms with Gasteiger partial charge in [0.05, 0.1) is 17.1 Å². The molecule has 0 saturated heterocycles. The molecule has 0 saturated carbocycles. The van der Waals surface area contributed by atoms with E-state index in [0.29, 0.717) is 16.5 Å². The monoisotopic (exact) mass is 388 g/mol. The third kappa shape index (κ3) is 2.61. The van der Waals surface area contributed by atoms with E-state index in [-0.39, 0.29) is 16.3 Å². The number of amides is 1. The SMILES string of the molecule is Nc1cccc(-n2nnnc2SCN2C(=O)c3ccccc3S2(=O)=O)c1. The number of carbonyl (C=O) groups is 1. The molecule has 0 spiro atoms. The highest BCUT2D eigenvalue weighted by atomic mass is 32.2. The van der Waals surface area contributed by atoms with E-state index in [1.807, 2.05) is 0 Å². The first kappa shape index (κ1) is 16.5. The van der Waals surface area contributed by atoms with Crippen molar-refractivity contribution in [3.05, 3.63) is 54.1 Å². The van der Waals surface area contributed by atoms with E-state index in [1.165, 1.54) is 16.8 Å². The zero-order valence-corrected chi connectivity index (χ0v) is 14.8. The Balaban J connectivity index is 1.60. The van der Waals surface area contributed by atoms with Gasteiger partial charge in [-0.05, 0) is 40.8 Å². The van der Waals surface area contributed by atoms with Crippen LogP contribution in [0.1, 0.15) is 10.4 Å². The number of sulfonamides is 1. The van der Waals surface area contributed by atoms with Crippen LogP contribution in [-0.4, -0.2) is 44.7 Å². The maximum absolute atomic E-state index is 12.6. The van der Waals surface area contributed by atoms with Gasteiger partial charge in [0.2, 0.25) is 5.16 Å². The average Bonchev–Trinajstić information content (AvgIpc) is 3.16. The first-order valence-electron chi connectivity index (χ1n) is 7.42. The molecule has 1 aromatic heterocycles. The van der Waals surface area contributed by atoms with Crippen LogP contribution in [-0.2, 0) is 10.0 Å². The third-order valence-electron chi connectivity index (χ3n) is 3.78. The second-order valence-corrected chi connectivity index (χ2v) is 8.14. The number of anilines is 1. The molecule has 1 aliphatic heterocycles. The summed E-state index contributed by atoms with van der Waals surface area (Å²) >= 11 is 1.04. The summed E-state index contributed by atoms with van der Waals surface area (Å²) in [4.78, 5) is 12.4. The quantitative estimate of drug-likeness (QED) is 0.521. The van der Waals surface area contributed by atoms with Crippen LogP contribution >= 0.6 is 11.8 Å². The summed E-state index contributed by atoms with van der Waals surface area (Å²) in [5.41, 5.74) is 7.12. The van der Waals surface area contributed by atoms with Crippen molar-refractivity contribution in [3.8, 4) is 5.69 Å². The fraction of sp³-hybridized carbons (Fsp3) is 0.0667. The highest BCUT2D eigenvalue weighted by Gasteiger charge is 2.40. The first-order chi connectivity index (χ1) is 12.5. The molecule has 4 rings (SSSR count). The normalized spacial score (nSPS) is 15.2. The van der Waals surface area contributed by atoms with Crippen molar-refractivity contribution in [3.63, 3.8) is 0 Å². The lowest BCUT2D eigenvalue weighted by atomic mass is 10.2. The number of hydrogen-bond acceptors (Lipinski definition) is 8. The Bertz CT molecular complexity index is 1110. The van der Waals surface area contributed by atoms with Gasteiger partial charge in [-0.15, -0.1) is 5.10 Å². The van der Waals surface area contributed by atoms with Gasteiger partial charge in [-0.25, -0.2) is 12.7 Å². The Morgan fingerprint density at radius 3 is 2.69 bits per heavy atom. The van der Waals surface area contributed by atoms with Crippen LogP contribution in [0.5, 0.6) is 0 Å². The first-order valence-corrected chi connectivity index (χ1v) is 9.84. The maximum atomic E-state index is 12.6. The van der Waals surface area contributed by atoms with Crippen LogP contribution < -0.4 is 5.73 Å². The van der Waals surface area contributed by atoms with Gasteiger partial charge >= 0.3 is 0 Å². The Kier molecular flexibility index (Phi) is 3.89. The molecule has 132 valence electrons. The molecule has 2 N–H and O–H groups in total. The van der Waals surface area contributed by atoms with Gasteiger partial charge in [0.15, 0.2) is 0 Å². The summed E-state index contributed by atoms with van der Waals surface area (Å²) in [6, 6.07) is 13.1. The Morgan fingerprint density at radius 1 is 1.12 bits per heavy atom. The molecule has 9 nitrogen and oxygen atoms in total. The molecule has 0 unspecified atom stereocenters. The largest absolute Gasteiger partial charge is 0.399 e. The minimum atomic E-state index is -3.87. The molecule has 0 bridgehead atoms. The number of benzene rings is 2. The van der Waals surface area contributed by atoms with E-state index in [2.05, 4.69) is 15.5 Å². The van der Waals surface area contributed by atoms with Crippen LogP contribution in [0.25, 0.3) is 5.69 Å². The highest BCUT2D eigenvalue weighted by molar-refractivity contribution is 8.00. The average molecular weight is 388 g/mol. The number of tetrazole rings is 1. The van der Waals surface area contributed by atoms with Crippen LogP contribution in [0, 0.1) is 0 Å². The van der Waals surface area contributed by atoms with Crippen molar-refractivity contribution in [2.45, 2.75) is 10.1 Å². The van der Waals surface area contributed by atoms with Gasteiger partial charge in [0.25, 0.3) is 15.9 Å². The van der Waals surface area contributed by atoms with Gasteiger partial charge in [0, 0.05) is 5.69 Å². The van der Waals surface area contributed by atoms with Gasteiger partial charge in [0.1, 0.15) is 4.90 Å². The van der Waals surface area contributed by atoms with E-state index in [4.69, 9.17) is 5.73 Å². The number of aromatic nitrogens is 4. The summed E-state index contributed by atoms with van der Waals surface area (Å²) in [6.07, 6.45) is 0. The van der Waals surface area contributed by atoms with E-state index in [9.17, 15) is 13.2 Å². The molecule has 0 fully saturated rings. The molecule has 26 heavy (non-hydrogen) atoms. The number of nitrogen functional groups attached to an aromatic ring is 1. The molecule has 1 aliphatic rings. The number of thioether (sulfide) groups is 1. The Hall–Kier alpha value is -2.92. The topological polar surface area (TPSA) is 124 Å². The molecule has 2 heterocycles. The third-order valence-corrected chi connectivity index (χ3v) is 6.63. The number of hydrogen-bond donors (Lipinski definition) is 1. The minimum absolute atomic E-state index is 0.0148. The number of rotatable bonds is 4. The summed E-state index contributed by atoms with van der Waals surface area (Å²) in [5.74, 6) is -0.700. The molecule has 0 atom stereocenters. The van der Waals surface area contributed by atoms with Crippen LogP contribution in [0.3, 0.4) is 0 Å². The minimum Gasteiger partial charge on any atom is -0.399 e. The molecule has 3 aromatic rings. The van der Waals surface area contributed by atoms with Crippen LogP contribution in [0.2, 0.25) is 0 Å². The van der Waals surface area contributed by atoms with Gasteiger partial charge in [-0.2, -0.15) is 4.68 Å². The molecule has 11 heteroatoms. The fourth-order valence-corrected chi connectivity index (χ4v) is 5.22.